The van der Waals surface area contributed by atoms with E-state index in [0.717, 1.165) is 40.8 Å². The number of nitrogens with zero attached hydrogens (tertiary/aromatic N) is 2. The first-order valence-corrected chi connectivity index (χ1v) is 19.2. The van der Waals surface area contributed by atoms with Crippen molar-refractivity contribution >= 4 is 38.9 Å². The van der Waals surface area contributed by atoms with Crippen molar-refractivity contribution in [3.8, 4) is 16.8 Å². The van der Waals surface area contributed by atoms with Crippen molar-refractivity contribution in [2.75, 3.05) is 0 Å². The topological polar surface area (TPSA) is 21.3 Å². The highest BCUT2D eigenvalue weighted by atomic mass is 16.3. The van der Waals surface area contributed by atoms with Gasteiger partial charge in [-0.05, 0) is 114 Å². The van der Waals surface area contributed by atoms with Crippen molar-refractivity contribution in [1.82, 2.24) is 9.47 Å². The van der Waals surface area contributed by atoms with Crippen LogP contribution in [-0.4, -0.2) is 21.6 Å². The third-order valence-corrected chi connectivity index (χ3v) is 12.5. The van der Waals surface area contributed by atoms with Gasteiger partial charge in [0.05, 0.1) is 11.6 Å². The van der Waals surface area contributed by atoms with Crippen molar-refractivity contribution in [1.29, 1.82) is 0 Å². The quantitative estimate of drug-likeness (QED) is 0.187. The van der Waals surface area contributed by atoms with Crippen molar-refractivity contribution < 1.29 is 4.42 Å². The van der Waals surface area contributed by atoms with Gasteiger partial charge in [-0.15, -0.1) is 0 Å². The maximum atomic E-state index is 6.36. The molecule has 11 rings (SSSR count). The summed E-state index contributed by atoms with van der Waals surface area (Å²) in [5.41, 5.74) is 15.7. The predicted molar refractivity (Wildman–Crippen MR) is 211 cm³/mol. The van der Waals surface area contributed by atoms with Crippen LogP contribution in [0.25, 0.3) is 55.7 Å². The molecule has 6 aromatic rings. The van der Waals surface area contributed by atoms with Gasteiger partial charge >= 0.3 is 0 Å². The Morgan fingerprint density at radius 3 is 2.45 bits per heavy atom. The van der Waals surface area contributed by atoms with Crippen molar-refractivity contribution in [2.45, 2.75) is 69.9 Å². The second-order valence-electron chi connectivity index (χ2n) is 15.3. The van der Waals surface area contributed by atoms with Crippen LogP contribution in [0.4, 0.5) is 0 Å². The van der Waals surface area contributed by atoms with E-state index in [1.54, 1.807) is 11.3 Å². The van der Waals surface area contributed by atoms with Gasteiger partial charge in [0.1, 0.15) is 11.2 Å². The van der Waals surface area contributed by atoms with Crippen LogP contribution in [-0.2, 0) is 6.42 Å². The second kappa shape index (κ2) is 11.6. The number of aromatic nitrogens is 1. The minimum atomic E-state index is 0.377. The maximum Gasteiger partial charge on any atom is 0.135 e. The van der Waals surface area contributed by atoms with Crippen LogP contribution in [0, 0.1) is 5.92 Å². The Bertz CT molecular complexity index is 2530. The number of hydrogen-bond donors (Lipinski definition) is 0. The van der Waals surface area contributed by atoms with Gasteiger partial charge < -0.3 is 13.9 Å². The third kappa shape index (κ3) is 4.63. The van der Waals surface area contributed by atoms with Crippen LogP contribution < -0.4 is 0 Å². The molecule has 250 valence electrons. The van der Waals surface area contributed by atoms with Gasteiger partial charge in [-0.2, -0.15) is 0 Å². The van der Waals surface area contributed by atoms with Crippen LogP contribution >= 0.6 is 0 Å². The largest absolute Gasteiger partial charge is 0.456 e. The lowest BCUT2D eigenvalue weighted by Crippen LogP contribution is -2.41. The van der Waals surface area contributed by atoms with E-state index in [1.807, 2.05) is 0 Å². The molecule has 3 heterocycles. The molecule has 51 heavy (non-hydrogen) atoms. The van der Waals surface area contributed by atoms with Crippen molar-refractivity contribution in [3.05, 3.63) is 155 Å². The summed E-state index contributed by atoms with van der Waals surface area (Å²) in [6.07, 6.45) is 26.4. The zero-order valence-electron chi connectivity index (χ0n) is 29.0. The van der Waals surface area contributed by atoms with E-state index in [1.165, 1.54) is 95.1 Å². The molecular formula is C48H42N2O. The number of hydrogen-bond acceptors (Lipinski definition) is 2. The first kappa shape index (κ1) is 29.5. The summed E-state index contributed by atoms with van der Waals surface area (Å²) in [5, 5.41) is 3.67. The molecule has 0 amide bonds. The predicted octanol–water partition coefficient (Wildman–Crippen LogP) is 12.3. The summed E-state index contributed by atoms with van der Waals surface area (Å²) in [4.78, 5) is 2.89. The van der Waals surface area contributed by atoms with Crippen LogP contribution in [0.15, 0.2) is 148 Å². The van der Waals surface area contributed by atoms with E-state index in [0.29, 0.717) is 12.0 Å². The summed E-state index contributed by atoms with van der Waals surface area (Å²) >= 11 is 0. The van der Waals surface area contributed by atoms with Crippen molar-refractivity contribution in [3.63, 3.8) is 0 Å². The highest BCUT2D eigenvalue weighted by Crippen LogP contribution is 2.48. The van der Waals surface area contributed by atoms with E-state index >= 15 is 0 Å². The zero-order chi connectivity index (χ0) is 33.5. The number of rotatable bonds is 4. The third-order valence-electron chi connectivity index (χ3n) is 12.5. The average Bonchev–Trinajstić information content (AvgIpc) is 3.85. The van der Waals surface area contributed by atoms with Crippen molar-refractivity contribution in [2.24, 2.45) is 5.92 Å². The molecule has 3 heteroatoms. The molecule has 2 atom stereocenters. The Kier molecular flexibility index (Phi) is 6.72. The van der Waals surface area contributed by atoms with Gasteiger partial charge in [0.2, 0.25) is 0 Å². The molecule has 0 spiro atoms. The van der Waals surface area contributed by atoms with Gasteiger partial charge in [0, 0.05) is 45.2 Å². The lowest BCUT2D eigenvalue weighted by molar-refractivity contribution is 0.170. The zero-order valence-corrected chi connectivity index (χ0v) is 29.0. The SMILES string of the molecule is C1=CC2=C(CC1)N(C1CCCCC1)C1CC=C(C3C=Cc4c(c5ccccc5n4-c4ccc5oc6ccc(-c7ccccc7)cc6c5c4)C3)C=C21. The minimum Gasteiger partial charge on any atom is -0.456 e. The van der Waals surface area contributed by atoms with Crippen LogP contribution in [0.3, 0.4) is 0 Å². The molecule has 4 aromatic carbocycles. The first-order chi connectivity index (χ1) is 25.3. The summed E-state index contributed by atoms with van der Waals surface area (Å²) in [6.45, 7) is 0. The van der Waals surface area contributed by atoms with Gasteiger partial charge in [-0.3, -0.25) is 0 Å². The summed E-state index contributed by atoms with van der Waals surface area (Å²) in [7, 11) is 0. The smallest absolute Gasteiger partial charge is 0.135 e. The van der Waals surface area contributed by atoms with E-state index < -0.39 is 0 Å². The molecule has 0 N–H and O–H groups in total. The first-order valence-electron chi connectivity index (χ1n) is 19.2. The van der Waals surface area contributed by atoms with Crippen LogP contribution in [0.1, 0.15) is 62.6 Å². The number of furan rings is 1. The van der Waals surface area contributed by atoms with Gasteiger partial charge in [0.25, 0.3) is 0 Å². The molecule has 1 saturated carbocycles. The highest BCUT2D eigenvalue weighted by molar-refractivity contribution is 6.07. The molecule has 0 radical (unpaired) electrons. The summed E-state index contributed by atoms with van der Waals surface area (Å²) in [6, 6.07) is 34.1. The Hall–Kier alpha value is -5.28. The Morgan fingerprint density at radius 1 is 0.725 bits per heavy atom. The molecule has 2 unspecified atom stereocenters. The molecule has 4 aliphatic carbocycles. The molecule has 3 nitrogen and oxygen atoms in total. The summed E-state index contributed by atoms with van der Waals surface area (Å²) < 4.78 is 8.83. The average molecular weight is 663 g/mol. The Morgan fingerprint density at radius 2 is 1.55 bits per heavy atom. The summed E-state index contributed by atoms with van der Waals surface area (Å²) in [5.74, 6) is 0.377. The molecule has 2 aromatic heterocycles. The Labute approximate surface area is 299 Å². The minimum absolute atomic E-state index is 0.377. The normalized spacial score (nSPS) is 21.7. The monoisotopic (exact) mass is 662 g/mol. The maximum absolute atomic E-state index is 6.36. The molecule has 1 fully saturated rings. The number of benzene rings is 4. The second-order valence-corrected chi connectivity index (χ2v) is 15.3. The van der Waals surface area contributed by atoms with E-state index in [4.69, 9.17) is 4.42 Å². The number of fused-ring (bicyclic) bond motifs is 8. The Balaban J connectivity index is 0.967. The fourth-order valence-corrected chi connectivity index (χ4v) is 10.1. The van der Waals surface area contributed by atoms with E-state index in [2.05, 4.69) is 137 Å². The van der Waals surface area contributed by atoms with Gasteiger partial charge in [0.15, 0.2) is 0 Å². The molecule has 5 aliphatic rings. The van der Waals surface area contributed by atoms with Crippen LogP contribution in [0.2, 0.25) is 0 Å². The van der Waals surface area contributed by atoms with Crippen LogP contribution in [0.5, 0.6) is 0 Å². The van der Waals surface area contributed by atoms with E-state index in [9.17, 15) is 0 Å². The van der Waals surface area contributed by atoms with Gasteiger partial charge in [-0.1, -0.05) is 104 Å². The number of para-hydroxylation sites is 1. The standard InChI is InChI=1S/C48H42N2O/c1-3-11-31(12-4-1)32-21-25-47-41(29-32)42-30-36(22-26-48(42)51-47)50-44-18-10-8-16-38(44)40-28-34(20-24-46(40)50)33-19-23-45-39(27-33)37-15-7-9-17-43(37)49(45)35-13-5-2-6-14-35/h1,3-4,7-8,10-12,15-16,18-22,24-27,29-30,34-35,45H,2,5-6,9,13-14,17,23,28H2. The lowest BCUT2D eigenvalue weighted by Gasteiger charge is -2.40. The molecule has 0 bridgehead atoms. The molecule has 1 aliphatic heterocycles. The molecule has 0 saturated heterocycles. The fraction of sp³-hybridized carbons (Fsp3) is 0.250. The number of allylic oxidation sites excluding steroid dienone is 6. The fourth-order valence-electron chi connectivity index (χ4n) is 10.1. The highest BCUT2D eigenvalue weighted by Gasteiger charge is 2.41. The van der Waals surface area contributed by atoms with E-state index in [-0.39, 0.29) is 0 Å². The molecular weight excluding hydrogens is 621 g/mol. The lowest BCUT2D eigenvalue weighted by atomic mass is 9.80. The van der Waals surface area contributed by atoms with Gasteiger partial charge in [-0.25, -0.2) is 0 Å².